The predicted molar refractivity (Wildman–Crippen MR) is 129 cm³/mol. The molecule has 0 spiro atoms. The van der Waals surface area contributed by atoms with Gasteiger partial charge in [0.2, 0.25) is 0 Å². The van der Waals surface area contributed by atoms with Crippen LogP contribution >= 0.6 is 0 Å². The Hall–Kier alpha value is -4.03. The van der Waals surface area contributed by atoms with Crippen molar-refractivity contribution >= 4 is 27.5 Å². The van der Waals surface area contributed by atoms with Gasteiger partial charge in [-0.2, -0.15) is 9.97 Å². The number of nitrogens with one attached hydrogen (secondary N) is 1. The third kappa shape index (κ3) is 3.33. The van der Waals surface area contributed by atoms with Gasteiger partial charge in [-0.1, -0.05) is 12.0 Å². The topological polar surface area (TPSA) is 72.4 Å². The van der Waals surface area contributed by atoms with Crippen LogP contribution in [-0.4, -0.2) is 54.3 Å². The summed E-state index contributed by atoms with van der Waals surface area (Å²) in [5, 5.41) is 4.94. The number of terminal acetylenes is 1. The average Bonchev–Trinajstić information content (AvgIpc) is 2.87. The zero-order valence-electron chi connectivity index (χ0n) is 19.1. The van der Waals surface area contributed by atoms with Crippen LogP contribution in [0.5, 0.6) is 11.8 Å². The Morgan fingerprint density at radius 1 is 1.11 bits per heavy atom. The highest BCUT2D eigenvalue weighted by molar-refractivity contribution is 6.03. The molecule has 1 N–H and O–H groups in total. The molecule has 3 aliphatic heterocycles. The normalized spacial score (nSPS) is 18.9. The smallest absolute Gasteiger partial charge is 0.318 e. The number of nitrogens with zero attached hydrogens (tertiary/aromatic N) is 4. The first-order valence-electron chi connectivity index (χ1n) is 11.2. The van der Waals surface area contributed by atoms with Crippen molar-refractivity contribution in [2.45, 2.75) is 18.5 Å². The largest absolute Gasteiger partial charge is 0.497 e. The summed E-state index contributed by atoms with van der Waals surface area (Å²) in [6.07, 6.45) is 8.30. The molecule has 0 saturated carbocycles. The molecule has 7 nitrogen and oxygen atoms in total. The first-order valence-corrected chi connectivity index (χ1v) is 11.2. The molecule has 176 valence electrons. The van der Waals surface area contributed by atoms with Gasteiger partial charge in [0.1, 0.15) is 28.6 Å². The third-order valence-electron chi connectivity index (χ3n) is 6.72. The van der Waals surface area contributed by atoms with Crippen LogP contribution in [-0.2, 0) is 0 Å². The summed E-state index contributed by atoms with van der Waals surface area (Å²) in [6.45, 7) is 1.50. The van der Waals surface area contributed by atoms with Crippen LogP contribution in [0.15, 0.2) is 30.5 Å². The second kappa shape index (κ2) is 8.03. The maximum absolute atomic E-state index is 16.2. The van der Waals surface area contributed by atoms with Crippen molar-refractivity contribution in [3.8, 4) is 35.4 Å². The summed E-state index contributed by atoms with van der Waals surface area (Å²) >= 11 is 0. The highest BCUT2D eigenvalue weighted by Crippen LogP contribution is 2.39. The van der Waals surface area contributed by atoms with E-state index in [2.05, 4.69) is 31.1 Å². The van der Waals surface area contributed by atoms with Crippen LogP contribution < -0.4 is 19.7 Å². The molecule has 0 amide bonds. The minimum absolute atomic E-state index is 0.0154. The average molecular weight is 473 g/mol. The Balaban J connectivity index is 1.61. The summed E-state index contributed by atoms with van der Waals surface area (Å²) in [4.78, 5) is 15.4. The Bertz CT molecular complexity index is 1540. The number of benzene rings is 2. The number of fused-ring (bicyclic) bond motifs is 4. The van der Waals surface area contributed by atoms with E-state index in [1.807, 2.05) is 0 Å². The Kier molecular flexibility index (Phi) is 4.93. The van der Waals surface area contributed by atoms with Crippen molar-refractivity contribution in [2.75, 3.05) is 32.2 Å². The van der Waals surface area contributed by atoms with E-state index in [1.54, 1.807) is 24.4 Å². The molecule has 3 fully saturated rings. The minimum atomic E-state index is -0.675. The molecule has 0 aliphatic carbocycles. The van der Waals surface area contributed by atoms with Gasteiger partial charge in [0.25, 0.3) is 0 Å². The Morgan fingerprint density at radius 3 is 2.57 bits per heavy atom. The van der Waals surface area contributed by atoms with Crippen molar-refractivity contribution in [1.29, 1.82) is 0 Å². The summed E-state index contributed by atoms with van der Waals surface area (Å²) in [5.41, 5.74) is 0.397. The lowest BCUT2D eigenvalue weighted by atomic mass is 9.91. The highest BCUT2D eigenvalue weighted by Gasteiger charge is 2.38. The molecular formula is C26H21F2N5O2. The molecule has 2 aromatic heterocycles. The molecule has 2 unspecified atom stereocenters. The van der Waals surface area contributed by atoms with Crippen molar-refractivity contribution in [3.05, 3.63) is 47.7 Å². The van der Waals surface area contributed by atoms with Gasteiger partial charge in [-0.3, -0.25) is 4.98 Å². The van der Waals surface area contributed by atoms with Crippen molar-refractivity contribution in [2.24, 2.45) is 0 Å². The first kappa shape index (κ1) is 21.5. The van der Waals surface area contributed by atoms with Crippen molar-refractivity contribution in [3.63, 3.8) is 0 Å². The van der Waals surface area contributed by atoms with E-state index in [9.17, 15) is 4.39 Å². The van der Waals surface area contributed by atoms with Gasteiger partial charge in [0.05, 0.1) is 25.2 Å². The standard InChI is InChI=1S/C26H21F2N5O2/c1-4-17-20(27)6-5-13-7-16(34-2)9-18(21(13)17)23-22(28)24-19(10-29-23)25(32-26(31-24)35-3)33-11-14-8-15(12-33)30-14/h1,5-7,9-10,14-15,30H,8,11-12H2,2-3H3. The molecule has 35 heavy (non-hydrogen) atoms. The van der Waals surface area contributed by atoms with Crippen LogP contribution in [0.2, 0.25) is 0 Å². The number of hydrogen-bond donors (Lipinski definition) is 1. The lowest BCUT2D eigenvalue weighted by Gasteiger charge is -2.48. The van der Waals surface area contributed by atoms with Gasteiger partial charge in [-0.25, -0.2) is 8.78 Å². The number of piperazine rings is 1. The van der Waals surface area contributed by atoms with E-state index in [-0.39, 0.29) is 22.8 Å². The van der Waals surface area contributed by atoms with Crippen LogP contribution in [0.25, 0.3) is 32.9 Å². The number of methoxy groups -OCH3 is 2. The van der Waals surface area contributed by atoms with Gasteiger partial charge < -0.3 is 19.7 Å². The minimum Gasteiger partial charge on any atom is -0.497 e. The van der Waals surface area contributed by atoms with Gasteiger partial charge in [-0.05, 0) is 30.0 Å². The summed E-state index contributed by atoms with van der Waals surface area (Å²) in [5.74, 6) is 2.19. The number of hydrogen-bond acceptors (Lipinski definition) is 7. The van der Waals surface area contributed by atoms with Crippen molar-refractivity contribution < 1.29 is 18.3 Å². The van der Waals surface area contributed by atoms with E-state index in [0.717, 1.165) is 19.5 Å². The molecule has 3 saturated heterocycles. The Labute approximate surface area is 200 Å². The number of anilines is 1. The SMILES string of the molecule is C#Cc1c(F)ccc2cc(OC)cc(-c3ncc4c(N5CC6CC(C5)N6)nc(OC)nc4c3F)c12. The fraction of sp³-hybridized carbons (Fsp3) is 0.269. The molecule has 7 rings (SSSR count). The van der Waals surface area contributed by atoms with Crippen LogP contribution in [0.4, 0.5) is 14.6 Å². The molecular weight excluding hydrogens is 452 g/mol. The lowest BCUT2D eigenvalue weighted by molar-refractivity contribution is 0.225. The summed E-state index contributed by atoms with van der Waals surface area (Å²) in [6, 6.07) is 6.99. The molecule has 2 bridgehead atoms. The van der Waals surface area contributed by atoms with Crippen LogP contribution in [0.1, 0.15) is 12.0 Å². The Morgan fingerprint density at radius 2 is 1.89 bits per heavy atom. The quantitative estimate of drug-likeness (QED) is 0.454. The molecule has 3 aliphatic rings. The number of rotatable bonds is 4. The number of ether oxygens (including phenoxy) is 2. The predicted octanol–water partition coefficient (Wildman–Crippen LogP) is 3.67. The third-order valence-corrected chi connectivity index (χ3v) is 6.72. The maximum Gasteiger partial charge on any atom is 0.318 e. The molecule has 9 heteroatoms. The second-order valence-corrected chi connectivity index (χ2v) is 8.76. The van der Waals surface area contributed by atoms with E-state index in [1.165, 1.54) is 20.3 Å². The van der Waals surface area contributed by atoms with Gasteiger partial charge in [0, 0.05) is 42.3 Å². The fourth-order valence-electron chi connectivity index (χ4n) is 5.09. The number of aromatic nitrogens is 3. The molecule has 4 aromatic rings. The zero-order valence-corrected chi connectivity index (χ0v) is 19.1. The molecule has 2 atom stereocenters. The summed E-state index contributed by atoms with van der Waals surface area (Å²) < 4.78 is 41.5. The fourth-order valence-corrected chi connectivity index (χ4v) is 5.09. The number of halogens is 2. The van der Waals surface area contributed by atoms with E-state index < -0.39 is 11.6 Å². The van der Waals surface area contributed by atoms with Crippen molar-refractivity contribution in [1.82, 2.24) is 20.3 Å². The lowest BCUT2D eigenvalue weighted by Crippen LogP contribution is -2.67. The highest BCUT2D eigenvalue weighted by atomic mass is 19.1. The second-order valence-electron chi connectivity index (χ2n) is 8.76. The number of piperidine rings is 1. The molecule has 2 aromatic carbocycles. The van der Waals surface area contributed by atoms with E-state index in [4.69, 9.17) is 15.9 Å². The van der Waals surface area contributed by atoms with Crippen LogP contribution in [0.3, 0.4) is 0 Å². The maximum atomic E-state index is 16.2. The van der Waals surface area contributed by atoms with Crippen LogP contribution in [0, 0.1) is 24.0 Å². The van der Waals surface area contributed by atoms with Gasteiger partial charge in [0.15, 0.2) is 5.82 Å². The summed E-state index contributed by atoms with van der Waals surface area (Å²) in [7, 11) is 2.95. The first-order chi connectivity index (χ1) is 17.0. The van der Waals surface area contributed by atoms with E-state index >= 15 is 4.39 Å². The van der Waals surface area contributed by atoms with E-state index in [0.29, 0.717) is 45.4 Å². The molecule has 0 radical (unpaired) electrons. The van der Waals surface area contributed by atoms with Gasteiger partial charge in [-0.15, -0.1) is 6.42 Å². The zero-order chi connectivity index (χ0) is 24.3. The number of pyridine rings is 1. The van der Waals surface area contributed by atoms with Gasteiger partial charge >= 0.3 is 6.01 Å². The molecule has 5 heterocycles. The monoisotopic (exact) mass is 473 g/mol.